The second kappa shape index (κ2) is 10.9. The molecule has 0 aromatic rings. The first-order valence-corrected chi connectivity index (χ1v) is 10.5. The minimum Gasteiger partial charge on any atom is -0.391 e. The summed E-state index contributed by atoms with van der Waals surface area (Å²) in [7, 11) is 0. The second-order valence-corrected chi connectivity index (χ2v) is 8.38. The Balaban J connectivity index is 1.95. The maximum Gasteiger partial charge on any atom is 0.245 e. The molecule has 0 aromatic heterocycles. The third kappa shape index (κ3) is 6.25. The van der Waals surface area contributed by atoms with Crippen molar-refractivity contribution in [3.05, 3.63) is 0 Å². The Morgan fingerprint density at radius 2 is 1.79 bits per heavy atom. The van der Waals surface area contributed by atoms with Crippen LogP contribution in [0.25, 0.3) is 0 Å². The van der Waals surface area contributed by atoms with Crippen LogP contribution < -0.4 is 21.7 Å². The van der Waals surface area contributed by atoms with Crippen molar-refractivity contribution in [1.82, 2.24) is 16.0 Å². The summed E-state index contributed by atoms with van der Waals surface area (Å²) in [6.07, 6.45) is 6.00. The molecule has 2 aliphatic rings. The van der Waals surface area contributed by atoms with Crippen molar-refractivity contribution in [2.75, 3.05) is 19.6 Å². The first-order valence-electron chi connectivity index (χ1n) is 10.5. The number of aliphatic hydroxyl groups is 1. The van der Waals surface area contributed by atoms with Gasteiger partial charge in [0.2, 0.25) is 11.8 Å². The molecular weight excluding hydrogens is 360 g/mol. The van der Waals surface area contributed by atoms with E-state index in [2.05, 4.69) is 16.0 Å². The summed E-state index contributed by atoms with van der Waals surface area (Å²) < 4.78 is 0. The number of Topliss-reactive ketones (excluding diaryl/α,β-unsaturated/α-hetero) is 1. The Kier molecular flexibility index (Phi) is 8.85. The van der Waals surface area contributed by atoms with Gasteiger partial charge in [0.1, 0.15) is 6.04 Å². The summed E-state index contributed by atoms with van der Waals surface area (Å²) in [5.41, 5.74) is 5.51. The standard InChI is InChI=1S/C20H36N4O4/c1-12(25)17(9-21)23-20(28)18(13(2)26)24-19(27)16-8-15(10-22-11-16)14-6-4-3-5-7-14/h13-18,22,26H,3-11,21H2,1-2H3,(H,23,28)(H,24,27)/t13-,15?,16-,17-,18-/m0/s1. The van der Waals surface area contributed by atoms with Crippen LogP contribution in [0.5, 0.6) is 0 Å². The van der Waals surface area contributed by atoms with Gasteiger partial charge in [-0.2, -0.15) is 0 Å². The molecule has 1 saturated carbocycles. The monoisotopic (exact) mass is 396 g/mol. The van der Waals surface area contributed by atoms with Gasteiger partial charge in [0.15, 0.2) is 5.78 Å². The summed E-state index contributed by atoms with van der Waals surface area (Å²) in [6.45, 7) is 4.26. The molecule has 0 bridgehead atoms. The fraction of sp³-hybridized carbons (Fsp3) is 0.850. The van der Waals surface area contributed by atoms with Crippen molar-refractivity contribution in [3.63, 3.8) is 0 Å². The highest BCUT2D eigenvalue weighted by Gasteiger charge is 2.35. The summed E-state index contributed by atoms with van der Waals surface area (Å²) in [5.74, 6) is -0.189. The minimum atomic E-state index is -1.11. The van der Waals surface area contributed by atoms with Gasteiger partial charge < -0.3 is 26.8 Å². The molecule has 8 nitrogen and oxygen atoms in total. The van der Waals surface area contributed by atoms with Crippen molar-refractivity contribution in [3.8, 4) is 0 Å². The molecule has 0 radical (unpaired) electrons. The zero-order valence-electron chi connectivity index (χ0n) is 17.1. The van der Waals surface area contributed by atoms with Crippen LogP contribution in [0.2, 0.25) is 0 Å². The molecule has 2 rings (SSSR count). The third-order valence-corrected chi connectivity index (χ3v) is 6.18. The van der Waals surface area contributed by atoms with Gasteiger partial charge in [-0.25, -0.2) is 0 Å². The Hall–Kier alpha value is -1.51. The number of hydrogen-bond acceptors (Lipinski definition) is 6. The number of carbonyl (C=O) groups is 3. The fourth-order valence-corrected chi connectivity index (χ4v) is 4.40. The number of piperidine rings is 1. The smallest absolute Gasteiger partial charge is 0.245 e. The van der Waals surface area contributed by atoms with Crippen molar-refractivity contribution < 1.29 is 19.5 Å². The van der Waals surface area contributed by atoms with Crippen LogP contribution in [0.3, 0.4) is 0 Å². The van der Waals surface area contributed by atoms with Crippen LogP contribution in [0, 0.1) is 17.8 Å². The molecule has 1 saturated heterocycles. The molecule has 1 heterocycles. The van der Waals surface area contributed by atoms with Crippen LogP contribution >= 0.6 is 0 Å². The van der Waals surface area contributed by atoms with E-state index in [0.717, 1.165) is 13.0 Å². The molecule has 0 aromatic carbocycles. The van der Waals surface area contributed by atoms with Crippen molar-refractivity contribution in [2.24, 2.45) is 23.5 Å². The van der Waals surface area contributed by atoms with Gasteiger partial charge in [0, 0.05) is 13.1 Å². The maximum atomic E-state index is 12.8. The normalized spacial score (nSPS) is 26.7. The summed E-state index contributed by atoms with van der Waals surface area (Å²) >= 11 is 0. The maximum absolute atomic E-state index is 12.8. The molecule has 5 atom stereocenters. The van der Waals surface area contributed by atoms with Gasteiger partial charge in [0.25, 0.3) is 0 Å². The summed E-state index contributed by atoms with van der Waals surface area (Å²) in [6, 6.07) is -1.94. The average molecular weight is 397 g/mol. The van der Waals surface area contributed by atoms with Gasteiger partial charge in [-0.1, -0.05) is 32.1 Å². The van der Waals surface area contributed by atoms with Gasteiger partial charge in [-0.05, 0) is 38.6 Å². The van der Waals surface area contributed by atoms with Gasteiger partial charge >= 0.3 is 0 Å². The lowest BCUT2D eigenvalue weighted by Gasteiger charge is -2.37. The molecule has 1 unspecified atom stereocenters. The number of amides is 2. The summed E-state index contributed by atoms with van der Waals surface area (Å²) in [4.78, 5) is 36.8. The van der Waals surface area contributed by atoms with Gasteiger partial charge in [0.05, 0.1) is 18.1 Å². The first kappa shape index (κ1) is 22.8. The highest BCUT2D eigenvalue weighted by atomic mass is 16.3. The Bertz CT molecular complexity index is 548. The van der Waals surface area contributed by atoms with Crippen LogP contribution in [-0.2, 0) is 14.4 Å². The topological polar surface area (TPSA) is 134 Å². The fourth-order valence-electron chi connectivity index (χ4n) is 4.40. The molecule has 1 aliphatic heterocycles. The van der Waals surface area contributed by atoms with E-state index in [1.165, 1.54) is 46.0 Å². The van der Waals surface area contributed by atoms with Crippen LogP contribution in [-0.4, -0.2) is 60.5 Å². The predicted molar refractivity (Wildman–Crippen MR) is 106 cm³/mol. The second-order valence-electron chi connectivity index (χ2n) is 8.38. The number of ketones is 1. The lowest BCUT2D eigenvalue weighted by atomic mass is 9.74. The lowest BCUT2D eigenvalue weighted by molar-refractivity contribution is -0.135. The molecule has 2 amide bonds. The van der Waals surface area contributed by atoms with E-state index < -0.39 is 24.1 Å². The number of hydrogen-bond donors (Lipinski definition) is 5. The lowest BCUT2D eigenvalue weighted by Crippen LogP contribution is -2.58. The van der Waals surface area contributed by atoms with E-state index in [4.69, 9.17) is 5.73 Å². The SMILES string of the molecule is CC(=O)[C@H](CN)NC(=O)[C@@H](NC(=O)[C@@H]1CNCC(C2CCCCC2)C1)[C@H](C)O. The summed E-state index contributed by atoms with van der Waals surface area (Å²) in [5, 5.41) is 18.6. The third-order valence-electron chi connectivity index (χ3n) is 6.18. The number of rotatable bonds is 8. The van der Waals surface area contributed by atoms with E-state index in [1.54, 1.807) is 0 Å². The van der Waals surface area contributed by atoms with Crippen LogP contribution in [0.1, 0.15) is 52.4 Å². The average Bonchev–Trinajstić information content (AvgIpc) is 2.70. The van der Waals surface area contributed by atoms with Gasteiger partial charge in [-0.15, -0.1) is 0 Å². The van der Waals surface area contributed by atoms with Crippen molar-refractivity contribution >= 4 is 17.6 Å². The van der Waals surface area contributed by atoms with E-state index in [-0.39, 0.29) is 24.2 Å². The molecular formula is C20H36N4O4. The first-order chi connectivity index (χ1) is 13.3. The number of aliphatic hydroxyl groups excluding tert-OH is 1. The van der Waals surface area contributed by atoms with E-state index in [1.807, 2.05) is 0 Å². The molecule has 1 aliphatic carbocycles. The number of nitrogens with one attached hydrogen (secondary N) is 3. The Morgan fingerprint density at radius 3 is 2.36 bits per heavy atom. The number of carbonyl (C=O) groups excluding carboxylic acids is 3. The number of nitrogens with two attached hydrogens (primary N) is 1. The van der Waals surface area contributed by atoms with Crippen LogP contribution in [0.4, 0.5) is 0 Å². The van der Waals surface area contributed by atoms with Crippen LogP contribution in [0.15, 0.2) is 0 Å². The Labute approximate surface area is 167 Å². The Morgan fingerprint density at radius 1 is 1.11 bits per heavy atom. The van der Waals surface area contributed by atoms with E-state index in [9.17, 15) is 19.5 Å². The molecule has 28 heavy (non-hydrogen) atoms. The largest absolute Gasteiger partial charge is 0.391 e. The highest BCUT2D eigenvalue weighted by molar-refractivity contribution is 5.92. The van der Waals surface area contributed by atoms with E-state index >= 15 is 0 Å². The minimum absolute atomic E-state index is 0.0306. The molecule has 160 valence electrons. The van der Waals surface area contributed by atoms with Crippen molar-refractivity contribution in [1.29, 1.82) is 0 Å². The molecule has 2 fully saturated rings. The molecule has 0 spiro atoms. The quantitative estimate of drug-likeness (QED) is 0.382. The zero-order valence-corrected chi connectivity index (χ0v) is 17.1. The predicted octanol–water partition coefficient (Wildman–Crippen LogP) is -0.309. The zero-order chi connectivity index (χ0) is 20.7. The molecule has 6 N–H and O–H groups in total. The van der Waals surface area contributed by atoms with Gasteiger partial charge in [-0.3, -0.25) is 14.4 Å². The molecule has 8 heteroatoms. The van der Waals surface area contributed by atoms with Crippen molar-refractivity contribution in [2.45, 2.75) is 70.6 Å². The van der Waals surface area contributed by atoms with E-state index in [0.29, 0.717) is 18.4 Å². The highest BCUT2D eigenvalue weighted by Crippen LogP contribution is 2.34.